The van der Waals surface area contributed by atoms with Gasteiger partial charge in [-0.2, -0.15) is 0 Å². The maximum Gasteiger partial charge on any atom is 0.317 e. The normalized spacial score (nSPS) is 10.2. The van der Waals surface area contributed by atoms with Gasteiger partial charge in [0.2, 0.25) is 0 Å². The largest absolute Gasteiger partial charge is 0.351 e. The predicted molar refractivity (Wildman–Crippen MR) is 59.7 cm³/mol. The zero-order valence-electron chi connectivity index (χ0n) is 8.32. The number of hydrogen-bond donors (Lipinski definition) is 2. The van der Waals surface area contributed by atoms with E-state index in [1.54, 1.807) is 0 Å². The van der Waals surface area contributed by atoms with Crippen LogP contribution in [0.4, 0.5) is 10.6 Å². The van der Waals surface area contributed by atoms with Crippen LogP contribution in [0, 0.1) is 6.92 Å². The number of nitrogens with two attached hydrogens (primary N) is 1. The number of carbonyl (C=O) groups is 1. The molecule has 4 nitrogen and oxygen atoms in total. The molecular weight excluding hydrogens is 190 g/mol. The van der Waals surface area contributed by atoms with E-state index in [1.165, 1.54) is 0 Å². The minimum atomic E-state index is -0.596. The monoisotopic (exact) mass is 201 g/mol. The lowest BCUT2D eigenvalue weighted by Gasteiger charge is -2.06. The van der Waals surface area contributed by atoms with Crippen molar-refractivity contribution in [3.63, 3.8) is 0 Å². The Morgan fingerprint density at radius 2 is 2.13 bits per heavy atom. The van der Waals surface area contributed by atoms with E-state index in [0.717, 1.165) is 16.5 Å². The van der Waals surface area contributed by atoms with Gasteiger partial charge in [-0.25, -0.2) is 9.78 Å². The second kappa shape index (κ2) is 3.57. The fraction of sp³-hybridized carbons (Fsp3) is 0.0909. The van der Waals surface area contributed by atoms with Crippen molar-refractivity contribution in [2.75, 3.05) is 5.32 Å². The molecule has 0 aliphatic rings. The first-order valence-corrected chi connectivity index (χ1v) is 4.59. The summed E-state index contributed by atoms with van der Waals surface area (Å²) in [6.45, 7) is 1.88. The molecule has 2 amide bonds. The van der Waals surface area contributed by atoms with E-state index < -0.39 is 6.03 Å². The Labute approximate surface area is 87.1 Å². The highest BCUT2D eigenvalue weighted by atomic mass is 16.2. The van der Waals surface area contributed by atoms with Crippen LogP contribution in [0.15, 0.2) is 30.3 Å². The highest BCUT2D eigenvalue weighted by molar-refractivity contribution is 5.90. The van der Waals surface area contributed by atoms with E-state index in [2.05, 4.69) is 10.3 Å². The molecule has 3 N–H and O–H groups in total. The third kappa shape index (κ3) is 1.88. The first-order valence-electron chi connectivity index (χ1n) is 4.59. The topological polar surface area (TPSA) is 68.0 Å². The van der Waals surface area contributed by atoms with Crippen molar-refractivity contribution in [2.24, 2.45) is 5.73 Å². The third-order valence-electron chi connectivity index (χ3n) is 2.16. The average Bonchev–Trinajstić information content (AvgIpc) is 2.18. The van der Waals surface area contributed by atoms with Crippen LogP contribution in [-0.2, 0) is 0 Å². The smallest absolute Gasteiger partial charge is 0.317 e. The lowest BCUT2D eigenvalue weighted by Crippen LogP contribution is -2.20. The van der Waals surface area contributed by atoms with Gasteiger partial charge >= 0.3 is 6.03 Å². The molecule has 76 valence electrons. The number of hydrogen-bond acceptors (Lipinski definition) is 2. The van der Waals surface area contributed by atoms with Gasteiger partial charge in [0.1, 0.15) is 5.82 Å². The summed E-state index contributed by atoms with van der Waals surface area (Å²) in [4.78, 5) is 15.0. The van der Waals surface area contributed by atoms with Gasteiger partial charge in [0.15, 0.2) is 0 Å². The van der Waals surface area contributed by atoms with Crippen molar-refractivity contribution in [3.8, 4) is 0 Å². The van der Waals surface area contributed by atoms with Crippen LogP contribution in [-0.4, -0.2) is 11.0 Å². The lowest BCUT2D eigenvalue weighted by atomic mass is 10.1. The van der Waals surface area contributed by atoms with Gasteiger partial charge in [0.25, 0.3) is 0 Å². The van der Waals surface area contributed by atoms with Gasteiger partial charge in [0, 0.05) is 5.39 Å². The van der Waals surface area contributed by atoms with Crippen LogP contribution in [0.3, 0.4) is 0 Å². The molecule has 0 saturated heterocycles. The van der Waals surface area contributed by atoms with Crippen molar-refractivity contribution < 1.29 is 4.79 Å². The van der Waals surface area contributed by atoms with Gasteiger partial charge in [-0.1, -0.05) is 18.2 Å². The summed E-state index contributed by atoms with van der Waals surface area (Å²) in [6.07, 6.45) is 0. The van der Waals surface area contributed by atoms with Crippen molar-refractivity contribution in [1.29, 1.82) is 0 Å². The molecular formula is C11H11N3O. The summed E-state index contributed by atoms with van der Waals surface area (Å²) in [5.74, 6) is 0.515. The average molecular weight is 201 g/mol. The fourth-order valence-electron chi connectivity index (χ4n) is 1.46. The van der Waals surface area contributed by atoms with Gasteiger partial charge in [-0.05, 0) is 24.6 Å². The minimum Gasteiger partial charge on any atom is -0.351 e. The number of urea groups is 1. The van der Waals surface area contributed by atoms with Crippen molar-refractivity contribution in [1.82, 2.24) is 4.98 Å². The summed E-state index contributed by atoms with van der Waals surface area (Å²) in [7, 11) is 0. The number of amides is 2. The van der Waals surface area contributed by atoms with Crippen molar-refractivity contribution in [3.05, 3.63) is 35.9 Å². The van der Waals surface area contributed by atoms with Gasteiger partial charge in [0.05, 0.1) is 5.52 Å². The first kappa shape index (κ1) is 9.45. The molecule has 1 aromatic heterocycles. The number of benzene rings is 1. The van der Waals surface area contributed by atoms with Crippen LogP contribution in [0.25, 0.3) is 10.9 Å². The Bertz CT molecular complexity index is 522. The Balaban J connectivity index is 2.56. The summed E-state index contributed by atoms with van der Waals surface area (Å²) >= 11 is 0. The molecule has 1 heterocycles. The van der Waals surface area contributed by atoms with Crippen LogP contribution >= 0.6 is 0 Å². The lowest BCUT2D eigenvalue weighted by molar-refractivity contribution is 0.259. The van der Waals surface area contributed by atoms with E-state index in [4.69, 9.17) is 5.73 Å². The molecule has 1 aromatic carbocycles. The van der Waals surface area contributed by atoms with Gasteiger partial charge in [-0.3, -0.25) is 5.32 Å². The van der Waals surface area contributed by atoms with Crippen LogP contribution < -0.4 is 11.1 Å². The molecule has 4 heteroatoms. The number of carbonyl (C=O) groups excluding carboxylic acids is 1. The molecule has 0 aliphatic carbocycles. The second-order valence-corrected chi connectivity index (χ2v) is 3.34. The molecule has 0 atom stereocenters. The molecule has 0 fully saturated rings. The summed E-state index contributed by atoms with van der Waals surface area (Å²) in [5, 5.41) is 3.54. The number of pyridine rings is 1. The van der Waals surface area contributed by atoms with E-state index >= 15 is 0 Å². The highest BCUT2D eigenvalue weighted by Crippen LogP contribution is 2.19. The van der Waals surface area contributed by atoms with E-state index in [-0.39, 0.29) is 0 Å². The highest BCUT2D eigenvalue weighted by Gasteiger charge is 2.04. The fourth-order valence-corrected chi connectivity index (χ4v) is 1.46. The van der Waals surface area contributed by atoms with E-state index in [9.17, 15) is 4.79 Å². The van der Waals surface area contributed by atoms with Crippen LogP contribution in [0.2, 0.25) is 0 Å². The van der Waals surface area contributed by atoms with E-state index in [1.807, 2.05) is 37.3 Å². The minimum absolute atomic E-state index is 0.515. The molecule has 0 saturated carbocycles. The Morgan fingerprint density at radius 3 is 2.87 bits per heavy atom. The number of aromatic nitrogens is 1. The molecule has 0 aliphatic heterocycles. The quantitative estimate of drug-likeness (QED) is 0.741. The number of primary amides is 1. The summed E-state index contributed by atoms with van der Waals surface area (Å²) in [5.41, 5.74) is 6.78. The number of rotatable bonds is 1. The number of aryl methyl sites for hydroxylation is 1. The molecule has 15 heavy (non-hydrogen) atoms. The molecule has 0 spiro atoms. The SMILES string of the molecule is Cc1cc2ccccc2nc1NC(N)=O. The summed E-state index contributed by atoms with van der Waals surface area (Å²) < 4.78 is 0. The molecule has 2 aromatic rings. The zero-order valence-corrected chi connectivity index (χ0v) is 8.32. The van der Waals surface area contributed by atoms with Crippen LogP contribution in [0.5, 0.6) is 0 Å². The Hall–Kier alpha value is -2.10. The maximum absolute atomic E-state index is 10.7. The van der Waals surface area contributed by atoms with Crippen LogP contribution in [0.1, 0.15) is 5.56 Å². The molecule has 0 bridgehead atoms. The Morgan fingerprint density at radius 1 is 1.40 bits per heavy atom. The third-order valence-corrected chi connectivity index (χ3v) is 2.16. The maximum atomic E-state index is 10.7. The van der Waals surface area contributed by atoms with Crippen molar-refractivity contribution >= 4 is 22.8 Å². The number of para-hydroxylation sites is 1. The summed E-state index contributed by atoms with van der Waals surface area (Å²) in [6, 6.07) is 9.09. The number of fused-ring (bicyclic) bond motifs is 1. The number of anilines is 1. The van der Waals surface area contributed by atoms with Gasteiger partial charge in [-0.15, -0.1) is 0 Å². The number of nitrogens with one attached hydrogen (secondary N) is 1. The molecule has 0 unspecified atom stereocenters. The second-order valence-electron chi connectivity index (χ2n) is 3.34. The molecule has 2 rings (SSSR count). The van der Waals surface area contributed by atoms with E-state index in [0.29, 0.717) is 5.82 Å². The Kier molecular flexibility index (Phi) is 2.25. The predicted octanol–water partition coefficient (Wildman–Crippen LogP) is 2.03. The van der Waals surface area contributed by atoms with Gasteiger partial charge < -0.3 is 5.73 Å². The zero-order chi connectivity index (χ0) is 10.8. The van der Waals surface area contributed by atoms with Crippen molar-refractivity contribution in [2.45, 2.75) is 6.92 Å². The standard InChI is InChI=1S/C11H11N3O/c1-7-6-8-4-2-3-5-9(8)13-10(7)14-11(12)15/h2-6H,1H3,(H3,12,13,14,15). The number of nitrogens with zero attached hydrogens (tertiary/aromatic N) is 1. The molecule has 0 radical (unpaired) electrons. The first-order chi connectivity index (χ1) is 7.16.